The number of aromatic nitrogens is 1. The zero-order valence-corrected chi connectivity index (χ0v) is 36.4. The fourth-order valence-electron chi connectivity index (χ4n) is 9.26. The maximum Gasteiger partial charge on any atom is 0.0542 e. The van der Waals surface area contributed by atoms with Crippen LogP contribution in [0.15, 0.2) is 237 Å². The van der Waals surface area contributed by atoms with E-state index in [-0.39, 0.29) is 10.8 Å². The number of hydrogen-bond donors (Lipinski definition) is 0. The fraction of sp³-hybridized carbons (Fsp3) is 0.100. The average molecular weight is 814 g/mol. The van der Waals surface area contributed by atoms with Crippen molar-refractivity contribution >= 4 is 55.9 Å². The van der Waals surface area contributed by atoms with Gasteiger partial charge in [-0.05, 0) is 119 Å². The van der Waals surface area contributed by atoms with Crippen molar-refractivity contribution < 1.29 is 0 Å². The quantitative estimate of drug-likeness (QED) is 0.129. The summed E-state index contributed by atoms with van der Waals surface area (Å²) < 4.78 is 2.50. The number of nitrogens with zero attached hydrogens (tertiary/aromatic N) is 3. The van der Waals surface area contributed by atoms with Crippen LogP contribution in [0.3, 0.4) is 0 Å². The summed E-state index contributed by atoms with van der Waals surface area (Å²) in [7, 11) is 0. The largest absolute Gasteiger partial charge is 0.310 e. The molecule has 0 aliphatic rings. The molecule has 0 amide bonds. The predicted molar refractivity (Wildman–Crippen MR) is 267 cm³/mol. The topological polar surface area (TPSA) is 11.4 Å². The van der Waals surface area contributed by atoms with Gasteiger partial charge in [-0.3, -0.25) is 0 Å². The van der Waals surface area contributed by atoms with Gasteiger partial charge in [-0.1, -0.05) is 167 Å². The lowest BCUT2D eigenvalue weighted by Gasteiger charge is -2.32. The standard InChI is InChI=1S/C60H51N3/c1-59(2,44-23-11-5-12-24-44)46-39-47(60(3,4)45-25-13-6-14-26-45)41-54(40-46)63-57-37-35-52(61(48-27-15-7-16-28-48)49-29-17-8-18-30-49)42-55(57)56-43-53(36-38-58(56)63)62(50-31-19-9-20-32-50)51-33-21-10-22-34-51/h5-43H,1-4H3. The van der Waals surface area contributed by atoms with E-state index in [2.05, 4.69) is 279 Å². The summed E-state index contributed by atoms with van der Waals surface area (Å²) in [4.78, 5) is 4.71. The van der Waals surface area contributed by atoms with E-state index in [1.54, 1.807) is 0 Å². The van der Waals surface area contributed by atoms with Crippen LogP contribution in [0.25, 0.3) is 27.5 Å². The molecular weight excluding hydrogens is 763 g/mol. The summed E-state index contributed by atoms with van der Waals surface area (Å²) in [5, 5.41) is 2.36. The molecule has 0 aliphatic heterocycles. The molecule has 10 aromatic rings. The van der Waals surface area contributed by atoms with Crippen molar-refractivity contribution in [3.63, 3.8) is 0 Å². The van der Waals surface area contributed by atoms with Crippen molar-refractivity contribution in [3.8, 4) is 5.69 Å². The first-order chi connectivity index (χ1) is 30.8. The third kappa shape index (κ3) is 7.36. The molecule has 3 nitrogen and oxygen atoms in total. The molecule has 306 valence electrons. The third-order valence-corrected chi connectivity index (χ3v) is 12.9. The smallest absolute Gasteiger partial charge is 0.0542 e. The van der Waals surface area contributed by atoms with Gasteiger partial charge in [0.15, 0.2) is 0 Å². The minimum atomic E-state index is -0.268. The molecule has 0 saturated carbocycles. The van der Waals surface area contributed by atoms with E-state index < -0.39 is 0 Å². The van der Waals surface area contributed by atoms with Crippen molar-refractivity contribution in [2.24, 2.45) is 0 Å². The highest BCUT2D eigenvalue weighted by Crippen LogP contribution is 2.45. The summed E-state index contributed by atoms with van der Waals surface area (Å²) in [6, 6.07) is 85.9. The summed E-state index contributed by atoms with van der Waals surface area (Å²) in [5.41, 5.74) is 14.6. The first-order valence-corrected chi connectivity index (χ1v) is 21.9. The van der Waals surface area contributed by atoms with E-state index >= 15 is 0 Å². The zero-order chi connectivity index (χ0) is 43.0. The lowest BCUT2D eigenvalue weighted by molar-refractivity contribution is 0.616. The van der Waals surface area contributed by atoms with E-state index in [1.807, 2.05) is 0 Å². The fourth-order valence-corrected chi connectivity index (χ4v) is 9.26. The maximum absolute atomic E-state index is 2.50. The van der Waals surface area contributed by atoms with Gasteiger partial charge in [0.05, 0.1) is 11.0 Å². The summed E-state index contributed by atoms with van der Waals surface area (Å²) in [5.74, 6) is 0. The molecule has 0 spiro atoms. The van der Waals surface area contributed by atoms with Crippen LogP contribution in [-0.4, -0.2) is 4.57 Å². The van der Waals surface area contributed by atoms with Crippen LogP contribution in [-0.2, 0) is 10.8 Å². The molecule has 3 heteroatoms. The second kappa shape index (κ2) is 16.3. The summed E-state index contributed by atoms with van der Waals surface area (Å²) >= 11 is 0. The van der Waals surface area contributed by atoms with Gasteiger partial charge >= 0.3 is 0 Å². The number of fused-ring (bicyclic) bond motifs is 3. The van der Waals surface area contributed by atoms with Crippen LogP contribution in [0.2, 0.25) is 0 Å². The first kappa shape index (κ1) is 39.5. The molecule has 0 atom stereocenters. The highest BCUT2D eigenvalue weighted by atomic mass is 15.1. The molecule has 9 aromatic carbocycles. The highest BCUT2D eigenvalue weighted by molar-refractivity contribution is 6.12. The van der Waals surface area contributed by atoms with Gasteiger partial charge in [-0.15, -0.1) is 0 Å². The Balaban J connectivity index is 1.26. The first-order valence-electron chi connectivity index (χ1n) is 21.9. The van der Waals surface area contributed by atoms with Crippen LogP contribution in [0.1, 0.15) is 49.9 Å². The third-order valence-electron chi connectivity index (χ3n) is 12.9. The Bertz CT molecular complexity index is 2850. The van der Waals surface area contributed by atoms with E-state index in [9.17, 15) is 0 Å². The maximum atomic E-state index is 2.50. The normalized spacial score (nSPS) is 11.8. The Labute approximate surface area is 371 Å². The van der Waals surface area contributed by atoms with Crippen molar-refractivity contribution in [1.82, 2.24) is 4.57 Å². The molecule has 10 rings (SSSR count). The molecule has 0 aliphatic carbocycles. The second-order valence-electron chi connectivity index (χ2n) is 17.5. The van der Waals surface area contributed by atoms with Crippen molar-refractivity contribution in [2.75, 3.05) is 9.80 Å². The molecule has 1 aromatic heterocycles. The van der Waals surface area contributed by atoms with Crippen LogP contribution >= 0.6 is 0 Å². The number of anilines is 6. The van der Waals surface area contributed by atoms with Crippen molar-refractivity contribution in [2.45, 2.75) is 38.5 Å². The number of para-hydroxylation sites is 4. The van der Waals surface area contributed by atoms with Crippen LogP contribution in [0.4, 0.5) is 34.1 Å². The van der Waals surface area contributed by atoms with E-state index in [0.29, 0.717) is 0 Å². The number of benzene rings is 9. The van der Waals surface area contributed by atoms with Gasteiger partial charge in [0.2, 0.25) is 0 Å². The Kier molecular flexibility index (Phi) is 10.2. The van der Waals surface area contributed by atoms with Gasteiger partial charge in [-0.25, -0.2) is 0 Å². The van der Waals surface area contributed by atoms with Gasteiger partial charge < -0.3 is 14.4 Å². The molecule has 0 radical (unpaired) electrons. The Morgan fingerprint density at radius 2 is 0.587 bits per heavy atom. The number of rotatable bonds is 11. The minimum absolute atomic E-state index is 0.268. The van der Waals surface area contributed by atoms with Crippen molar-refractivity contribution in [1.29, 1.82) is 0 Å². The minimum Gasteiger partial charge on any atom is -0.310 e. The van der Waals surface area contributed by atoms with Gasteiger partial charge in [0.25, 0.3) is 0 Å². The monoisotopic (exact) mass is 813 g/mol. The Morgan fingerprint density at radius 3 is 0.905 bits per heavy atom. The van der Waals surface area contributed by atoms with Gasteiger partial charge in [-0.2, -0.15) is 0 Å². The molecular formula is C60H51N3. The predicted octanol–water partition coefficient (Wildman–Crippen LogP) is 16.4. The molecule has 0 bridgehead atoms. The molecule has 0 unspecified atom stereocenters. The lowest BCUT2D eigenvalue weighted by atomic mass is 9.73. The number of hydrogen-bond acceptors (Lipinski definition) is 2. The Morgan fingerprint density at radius 1 is 0.286 bits per heavy atom. The second-order valence-corrected chi connectivity index (χ2v) is 17.5. The molecule has 63 heavy (non-hydrogen) atoms. The molecule has 0 saturated heterocycles. The van der Waals surface area contributed by atoms with Gasteiger partial charge in [0, 0.05) is 61.4 Å². The van der Waals surface area contributed by atoms with Crippen LogP contribution in [0.5, 0.6) is 0 Å². The molecule has 1 heterocycles. The van der Waals surface area contributed by atoms with Crippen molar-refractivity contribution in [3.05, 3.63) is 259 Å². The SMILES string of the molecule is CC(C)(c1ccccc1)c1cc(-n2c3ccc(N(c4ccccc4)c4ccccc4)cc3c3cc(N(c4ccccc4)c4ccccc4)ccc32)cc(C(C)(C)c2ccccc2)c1. The zero-order valence-electron chi connectivity index (χ0n) is 36.4. The van der Waals surface area contributed by atoms with E-state index in [0.717, 1.165) is 50.8 Å². The average Bonchev–Trinajstić information content (AvgIpc) is 3.66. The van der Waals surface area contributed by atoms with Crippen LogP contribution in [0, 0.1) is 0 Å². The summed E-state index contributed by atoms with van der Waals surface area (Å²) in [6.45, 7) is 9.42. The summed E-state index contributed by atoms with van der Waals surface area (Å²) in [6.07, 6.45) is 0. The van der Waals surface area contributed by atoms with Crippen LogP contribution < -0.4 is 9.80 Å². The molecule has 0 fully saturated rings. The lowest BCUT2D eigenvalue weighted by Crippen LogP contribution is -2.23. The highest BCUT2D eigenvalue weighted by Gasteiger charge is 2.30. The Hall–Kier alpha value is -7.62. The van der Waals surface area contributed by atoms with E-state index in [4.69, 9.17) is 0 Å². The molecule has 0 N–H and O–H groups in total. The van der Waals surface area contributed by atoms with E-state index in [1.165, 1.54) is 33.0 Å². The van der Waals surface area contributed by atoms with Gasteiger partial charge in [0.1, 0.15) is 0 Å².